The van der Waals surface area contributed by atoms with Crippen LogP contribution in [0.1, 0.15) is 30.9 Å². The van der Waals surface area contributed by atoms with Crippen molar-refractivity contribution >= 4 is 18.4 Å². The van der Waals surface area contributed by atoms with Crippen LogP contribution in [0.5, 0.6) is 0 Å². The zero-order valence-corrected chi connectivity index (χ0v) is 13.9. The zero-order chi connectivity index (χ0) is 16.2. The molecular weight excluding hydrogens is 304 g/mol. The normalized spacial score (nSPS) is 11.4. The van der Waals surface area contributed by atoms with E-state index in [1.165, 1.54) is 5.56 Å². The molecule has 2 aromatic carbocycles. The quantitative estimate of drug-likeness (QED) is 0.563. The smallest absolute Gasteiger partial charge is 0.216 e. The Morgan fingerprint density at radius 2 is 1.78 bits per heavy atom. The van der Waals surface area contributed by atoms with Crippen molar-refractivity contribution in [2.24, 2.45) is 5.10 Å². The third-order valence-corrected chi connectivity index (χ3v) is 3.87. The Morgan fingerprint density at radius 3 is 2.43 bits per heavy atom. The van der Waals surface area contributed by atoms with Gasteiger partial charge in [0.05, 0.1) is 6.21 Å². The summed E-state index contributed by atoms with van der Waals surface area (Å²) < 4.78 is 2.11. The average molecular weight is 322 g/mol. The van der Waals surface area contributed by atoms with E-state index < -0.39 is 0 Å². The topological polar surface area (TPSA) is 46.0 Å². The molecule has 0 aliphatic carbocycles. The molecule has 0 saturated carbocycles. The summed E-state index contributed by atoms with van der Waals surface area (Å²) in [7, 11) is 0. The highest BCUT2D eigenvalue weighted by Gasteiger charge is 2.07. The molecule has 3 aromatic rings. The first-order valence-corrected chi connectivity index (χ1v) is 7.93. The molecule has 0 saturated heterocycles. The highest BCUT2D eigenvalue weighted by molar-refractivity contribution is 7.71. The number of H-pyrrole nitrogens is 1. The fourth-order valence-corrected chi connectivity index (χ4v) is 2.44. The summed E-state index contributed by atoms with van der Waals surface area (Å²) in [4.78, 5) is 0. The monoisotopic (exact) mass is 322 g/mol. The van der Waals surface area contributed by atoms with Crippen LogP contribution in [0.3, 0.4) is 0 Å². The van der Waals surface area contributed by atoms with Crippen molar-refractivity contribution in [3.63, 3.8) is 0 Å². The van der Waals surface area contributed by atoms with E-state index in [9.17, 15) is 0 Å². The van der Waals surface area contributed by atoms with Gasteiger partial charge in [-0.1, -0.05) is 68.4 Å². The molecule has 0 spiro atoms. The summed E-state index contributed by atoms with van der Waals surface area (Å²) in [5.41, 5.74) is 3.30. The molecule has 0 amide bonds. The first-order chi connectivity index (χ1) is 11.1. The number of hydrogen-bond acceptors (Lipinski definition) is 3. The van der Waals surface area contributed by atoms with Crippen LogP contribution in [0.2, 0.25) is 0 Å². The van der Waals surface area contributed by atoms with Crippen molar-refractivity contribution in [3.8, 4) is 11.4 Å². The molecule has 5 heteroatoms. The first kappa shape index (κ1) is 15.4. The van der Waals surface area contributed by atoms with E-state index in [1.54, 1.807) is 10.9 Å². The summed E-state index contributed by atoms with van der Waals surface area (Å²) in [5, 5.41) is 11.5. The van der Waals surface area contributed by atoms with Crippen LogP contribution in [-0.2, 0) is 0 Å². The van der Waals surface area contributed by atoms with Gasteiger partial charge in [-0.2, -0.15) is 14.9 Å². The lowest BCUT2D eigenvalue weighted by molar-refractivity contribution is 0.865. The predicted molar refractivity (Wildman–Crippen MR) is 96.4 cm³/mol. The van der Waals surface area contributed by atoms with Crippen LogP contribution in [0.25, 0.3) is 11.4 Å². The second-order valence-electron chi connectivity index (χ2n) is 5.60. The molecule has 116 valence electrons. The molecule has 0 aliphatic rings. The van der Waals surface area contributed by atoms with Crippen LogP contribution in [0, 0.1) is 4.77 Å². The van der Waals surface area contributed by atoms with Gasteiger partial charge in [0.1, 0.15) is 0 Å². The third-order valence-electron chi connectivity index (χ3n) is 3.61. The molecule has 1 heterocycles. The van der Waals surface area contributed by atoms with Gasteiger partial charge in [-0.3, -0.25) is 0 Å². The van der Waals surface area contributed by atoms with E-state index in [2.05, 4.69) is 53.4 Å². The minimum absolute atomic E-state index is 0.471. The van der Waals surface area contributed by atoms with Gasteiger partial charge in [0.25, 0.3) is 0 Å². The summed E-state index contributed by atoms with van der Waals surface area (Å²) in [6.45, 7) is 4.36. The van der Waals surface area contributed by atoms with Gasteiger partial charge in [0.2, 0.25) is 4.77 Å². The van der Waals surface area contributed by atoms with Crippen LogP contribution in [0.4, 0.5) is 0 Å². The maximum atomic E-state index is 5.27. The maximum absolute atomic E-state index is 5.27. The number of nitrogens with one attached hydrogen (secondary N) is 1. The third kappa shape index (κ3) is 3.46. The SMILES string of the molecule is CC(C)c1ccc(/C=N\n2c(-c3ccccc3)n[nH]c2=S)cc1. The number of nitrogens with zero attached hydrogens (tertiary/aromatic N) is 3. The molecule has 0 fully saturated rings. The molecule has 3 rings (SSSR count). The Kier molecular flexibility index (Phi) is 4.48. The van der Waals surface area contributed by atoms with Gasteiger partial charge in [0, 0.05) is 5.56 Å². The molecule has 0 radical (unpaired) electrons. The first-order valence-electron chi connectivity index (χ1n) is 7.52. The number of rotatable bonds is 4. The minimum Gasteiger partial charge on any atom is -0.250 e. The fraction of sp³-hybridized carbons (Fsp3) is 0.167. The van der Waals surface area contributed by atoms with E-state index in [0.29, 0.717) is 16.5 Å². The van der Waals surface area contributed by atoms with Gasteiger partial charge in [-0.15, -0.1) is 0 Å². The Morgan fingerprint density at radius 1 is 1.09 bits per heavy atom. The number of benzene rings is 2. The number of aromatic amines is 1. The van der Waals surface area contributed by atoms with E-state index >= 15 is 0 Å². The van der Waals surface area contributed by atoms with Gasteiger partial charge in [-0.05, 0) is 29.3 Å². The second kappa shape index (κ2) is 6.71. The van der Waals surface area contributed by atoms with Crippen LogP contribution < -0.4 is 0 Å². The van der Waals surface area contributed by atoms with Gasteiger partial charge >= 0.3 is 0 Å². The molecule has 23 heavy (non-hydrogen) atoms. The Balaban J connectivity index is 1.91. The molecule has 0 aliphatic heterocycles. The lowest BCUT2D eigenvalue weighted by Gasteiger charge is -2.04. The standard InChI is InChI=1S/C18H18N4S/c1-13(2)15-10-8-14(9-11-15)12-19-22-17(20-21-18(22)23)16-6-4-3-5-7-16/h3-13H,1-2H3,(H,21,23)/b19-12-. The van der Waals surface area contributed by atoms with E-state index in [-0.39, 0.29) is 0 Å². The zero-order valence-electron chi connectivity index (χ0n) is 13.1. The molecular formula is C18H18N4S. The predicted octanol–water partition coefficient (Wildman–Crippen LogP) is 4.61. The van der Waals surface area contributed by atoms with E-state index in [4.69, 9.17) is 12.2 Å². The van der Waals surface area contributed by atoms with E-state index in [1.807, 2.05) is 30.3 Å². The van der Waals surface area contributed by atoms with E-state index in [0.717, 1.165) is 11.1 Å². The van der Waals surface area contributed by atoms with Crippen LogP contribution in [-0.4, -0.2) is 21.1 Å². The summed E-state index contributed by atoms with van der Waals surface area (Å²) in [6.07, 6.45) is 1.79. The second-order valence-corrected chi connectivity index (χ2v) is 5.98. The van der Waals surface area contributed by atoms with Crippen molar-refractivity contribution in [2.45, 2.75) is 19.8 Å². The van der Waals surface area contributed by atoms with Crippen molar-refractivity contribution in [1.82, 2.24) is 14.9 Å². The molecule has 4 nitrogen and oxygen atoms in total. The maximum Gasteiger partial charge on any atom is 0.216 e. The van der Waals surface area contributed by atoms with Gasteiger partial charge in [-0.25, -0.2) is 5.10 Å². The Labute approximate surface area is 140 Å². The average Bonchev–Trinajstić information content (AvgIpc) is 2.95. The number of hydrogen-bond donors (Lipinski definition) is 1. The highest BCUT2D eigenvalue weighted by atomic mass is 32.1. The van der Waals surface area contributed by atoms with Gasteiger partial charge < -0.3 is 0 Å². The summed E-state index contributed by atoms with van der Waals surface area (Å²) in [5.74, 6) is 1.22. The lowest BCUT2D eigenvalue weighted by atomic mass is 10.0. The van der Waals surface area contributed by atoms with Crippen LogP contribution in [0.15, 0.2) is 59.7 Å². The highest BCUT2D eigenvalue weighted by Crippen LogP contribution is 2.17. The molecule has 1 N–H and O–H groups in total. The van der Waals surface area contributed by atoms with Crippen LogP contribution >= 0.6 is 12.2 Å². The number of aromatic nitrogens is 3. The van der Waals surface area contributed by atoms with Crippen molar-refractivity contribution < 1.29 is 0 Å². The van der Waals surface area contributed by atoms with Gasteiger partial charge in [0.15, 0.2) is 5.82 Å². The molecule has 0 atom stereocenters. The Hall–Kier alpha value is -2.53. The molecule has 0 unspecified atom stereocenters. The van der Waals surface area contributed by atoms with Crippen molar-refractivity contribution in [2.75, 3.05) is 0 Å². The minimum atomic E-state index is 0.471. The summed E-state index contributed by atoms with van der Waals surface area (Å²) in [6, 6.07) is 18.2. The Bertz CT molecular complexity index is 858. The summed E-state index contributed by atoms with van der Waals surface area (Å²) >= 11 is 5.27. The van der Waals surface area contributed by atoms with Crippen molar-refractivity contribution in [1.29, 1.82) is 0 Å². The lowest BCUT2D eigenvalue weighted by Crippen LogP contribution is -1.95. The van der Waals surface area contributed by atoms with Crippen molar-refractivity contribution in [3.05, 3.63) is 70.5 Å². The largest absolute Gasteiger partial charge is 0.250 e. The molecule has 0 bridgehead atoms. The fourth-order valence-electron chi connectivity index (χ4n) is 2.26. The molecule has 1 aromatic heterocycles.